The van der Waals surface area contributed by atoms with Crippen molar-refractivity contribution in [2.75, 3.05) is 13.6 Å². The fourth-order valence-electron chi connectivity index (χ4n) is 3.58. The topological polar surface area (TPSA) is 83.4 Å². The molecule has 4 rings (SSSR count). The molecule has 4 aromatic rings. The zero-order valence-electron chi connectivity index (χ0n) is 17.8. The Morgan fingerprint density at radius 3 is 2.75 bits per heavy atom. The molecule has 0 aliphatic heterocycles. The number of hydrogen-bond donors (Lipinski definition) is 1. The van der Waals surface area contributed by atoms with Gasteiger partial charge in [-0.1, -0.05) is 12.5 Å². The van der Waals surface area contributed by atoms with E-state index in [0.717, 1.165) is 42.6 Å². The van der Waals surface area contributed by atoms with E-state index in [2.05, 4.69) is 15.2 Å². The molecule has 1 N–H and O–H groups in total. The van der Waals surface area contributed by atoms with E-state index in [-0.39, 0.29) is 22.8 Å². The summed E-state index contributed by atoms with van der Waals surface area (Å²) in [5.41, 5.74) is 2.90. The minimum absolute atomic E-state index is 0.0713. The summed E-state index contributed by atoms with van der Waals surface area (Å²) in [6.07, 6.45) is 6.49. The predicted molar refractivity (Wildman–Crippen MR) is 120 cm³/mol. The van der Waals surface area contributed by atoms with Gasteiger partial charge in [-0.2, -0.15) is 5.10 Å². The summed E-state index contributed by atoms with van der Waals surface area (Å²) < 4.78 is 14.4. The molecule has 0 bridgehead atoms. The Bertz CT molecular complexity index is 1280. The molecule has 3 aromatic heterocycles. The number of pyridine rings is 1. The highest BCUT2D eigenvalue weighted by Crippen LogP contribution is 2.19. The standard InChI is InChI=1S/C24H24FN5O2/c1-29(23(31)20-16-26-22-8-4-6-14-30(22)24(20)32)13-5-2-3-7-19-15-21(28-27-19)17-9-11-18(25)12-10-17/h4,6,8-12,14-16H,2-3,5,7,13H2,1H3,(H,27,28). The average Bonchev–Trinajstić information content (AvgIpc) is 3.28. The average molecular weight is 433 g/mol. The van der Waals surface area contributed by atoms with Crippen LogP contribution in [-0.4, -0.2) is 44.0 Å². The monoisotopic (exact) mass is 433 g/mol. The van der Waals surface area contributed by atoms with Gasteiger partial charge < -0.3 is 4.90 Å². The van der Waals surface area contributed by atoms with Crippen LogP contribution in [0.4, 0.5) is 4.39 Å². The van der Waals surface area contributed by atoms with Crippen LogP contribution in [0.2, 0.25) is 0 Å². The fourth-order valence-corrected chi connectivity index (χ4v) is 3.58. The number of hydrogen-bond acceptors (Lipinski definition) is 4. The molecule has 1 aromatic carbocycles. The summed E-state index contributed by atoms with van der Waals surface area (Å²) in [5.74, 6) is -0.590. The number of carbonyl (C=O) groups is 1. The SMILES string of the molecule is CN(CCCCCc1cc(-c2ccc(F)cc2)n[nH]1)C(=O)c1cnc2ccccn2c1=O. The van der Waals surface area contributed by atoms with E-state index < -0.39 is 0 Å². The first-order valence-corrected chi connectivity index (χ1v) is 10.5. The zero-order chi connectivity index (χ0) is 22.5. The Balaban J connectivity index is 1.25. The molecule has 0 saturated heterocycles. The first kappa shape index (κ1) is 21.4. The van der Waals surface area contributed by atoms with Gasteiger partial charge in [-0.25, -0.2) is 9.37 Å². The Labute approximate surface area is 184 Å². The van der Waals surface area contributed by atoms with Crippen molar-refractivity contribution in [3.05, 3.63) is 88.4 Å². The zero-order valence-corrected chi connectivity index (χ0v) is 17.8. The molecular formula is C24H24FN5O2. The lowest BCUT2D eigenvalue weighted by Crippen LogP contribution is -2.33. The van der Waals surface area contributed by atoms with E-state index in [0.29, 0.717) is 12.2 Å². The van der Waals surface area contributed by atoms with Gasteiger partial charge >= 0.3 is 0 Å². The number of halogens is 1. The van der Waals surface area contributed by atoms with Crippen LogP contribution in [-0.2, 0) is 6.42 Å². The summed E-state index contributed by atoms with van der Waals surface area (Å²) >= 11 is 0. The molecule has 164 valence electrons. The molecule has 0 saturated carbocycles. The first-order chi connectivity index (χ1) is 15.5. The summed E-state index contributed by atoms with van der Waals surface area (Å²) in [7, 11) is 1.70. The van der Waals surface area contributed by atoms with Gasteiger partial charge in [0.1, 0.15) is 17.0 Å². The van der Waals surface area contributed by atoms with Gasteiger partial charge in [0.15, 0.2) is 0 Å². The number of aryl methyl sites for hydroxylation is 1. The Kier molecular flexibility index (Phi) is 6.39. The number of nitrogens with zero attached hydrogens (tertiary/aromatic N) is 4. The molecule has 0 spiro atoms. The lowest BCUT2D eigenvalue weighted by atomic mass is 10.1. The van der Waals surface area contributed by atoms with Gasteiger partial charge in [-0.15, -0.1) is 0 Å². The van der Waals surface area contributed by atoms with Crippen molar-refractivity contribution in [2.24, 2.45) is 0 Å². The summed E-state index contributed by atoms with van der Waals surface area (Å²) in [4.78, 5) is 31.0. The first-order valence-electron chi connectivity index (χ1n) is 10.5. The Morgan fingerprint density at radius 2 is 1.94 bits per heavy atom. The predicted octanol–water partition coefficient (Wildman–Crippen LogP) is 3.71. The highest BCUT2D eigenvalue weighted by molar-refractivity contribution is 5.93. The van der Waals surface area contributed by atoms with E-state index in [1.54, 1.807) is 48.5 Å². The molecule has 8 heteroatoms. The van der Waals surface area contributed by atoms with Gasteiger partial charge in [0.25, 0.3) is 11.5 Å². The lowest BCUT2D eigenvalue weighted by molar-refractivity contribution is 0.0790. The summed E-state index contributed by atoms with van der Waals surface area (Å²) in [6, 6.07) is 13.5. The molecular weight excluding hydrogens is 409 g/mol. The second kappa shape index (κ2) is 9.55. The molecule has 0 fully saturated rings. The molecule has 32 heavy (non-hydrogen) atoms. The maximum absolute atomic E-state index is 13.1. The second-order valence-corrected chi connectivity index (χ2v) is 7.73. The molecule has 0 aliphatic rings. The Hall–Kier alpha value is -3.81. The normalized spacial score (nSPS) is 11.1. The number of aromatic nitrogens is 4. The summed E-state index contributed by atoms with van der Waals surface area (Å²) in [5, 5.41) is 7.32. The van der Waals surface area contributed by atoms with E-state index in [4.69, 9.17) is 0 Å². The van der Waals surface area contributed by atoms with E-state index in [1.165, 1.54) is 22.7 Å². The van der Waals surface area contributed by atoms with Crippen molar-refractivity contribution in [2.45, 2.75) is 25.7 Å². The van der Waals surface area contributed by atoms with Crippen LogP contribution >= 0.6 is 0 Å². The van der Waals surface area contributed by atoms with E-state index >= 15 is 0 Å². The molecule has 0 aliphatic carbocycles. The van der Waals surface area contributed by atoms with Crippen LogP contribution < -0.4 is 5.56 Å². The third-order valence-electron chi connectivity index (χ3n) is 5.40. The van der Waals surface area contributed by atoms with Gasteiger partial charge in [0, 0.05) is 37.2 Å². The van der Waals surface area contributed by atoms with Crippen molar-refractivity contribution in [1.29, 1.82) is 0 Å². The van der Waals surface area contributed by atoms with Crippen LogP contribution in [0.25, 0.3) is 16.9 Å². The van der Waals surface area contributed by atoms with Crippen LogP contribution in [0, 0.1) is 5.82 Å². The largest absolute Gasteiger partial charge is 0.341 e. The van der Waals surface area contributed by atoms with E-state index in [9.17, 15) is 14.0 Å². The minimum atomic E-state index is -0.358. The third-order valence-corrected chi connectivity index (χ3v) is 5.40. The van der Waals surface area contributed by atoms with Crippen molar-refractivity contribution in [3.8, 4) is 11.3 Å². The third kappa shape index (κ3) is 4.74. The van der Waals surface area contributed by atoms with Crippen molar-refractivity contribution < 1.29 is 9.18 Å². The quantitative estimate of drug-likeness (QED) is 0.430. The number of fused-ring (bicyclic) bond motifs is 1. The van der Waals surface area contributed by atoms with Gasteiger partial charge in [-0.05, 0) is 61.7 Å². The lowest BCUT2D eigenvalue weighted by Gasteiger charge is -2.16. The number of rotatable bonds is 8. The minimum Gasteiger partial charge on any atom is -0.341 e. The number of aromatic amines is 1. The Morgan fingerprint density at radius 1 is 1.12 bits per heavy atom. The number of carbonyl (C=O) groups excluding carboxylic acids is 1. The maximum atomic E-state index is 13.1. The fraction of sp³-hybridized carbons (Fsp3) is 0.250. The number of nitrogens with one attached hydrogen (secondary N) is 1. The van der Waals surface area contributed by atoms with E-state index in [1.807, 2.05) is 6.07 Å². The van der Waals surface area contributed by atoms with Crippen LogP contribution in [0.15, 0.2) is 65.7 Å². The summed E-state index contributed by atoms with van der Waals surface area (Å²) in [6.45, 7) is 0.555. The number of amides is 1. The molecule has 3 heterocycles. The molecule has 0 radical (unpaired) electrons. The number of H-pyrrole nitrogens is 1. The highest BCUT2D eigenvalue weighted by Gasteiger charge is 2.17. The van der Waals surface area contributed by atoms with Gasteiger partial charge in [-0.3, -0.25) is 19.1 Å². The van der Waals surface area contributed by atoms with Crippen LogP contribution in [0.5, 0.6) is 0 Å². The van der Waals surface area contributed by atoms with Crippen LogP contribution in [0.3, 0.4) is 0 Å². The highest BCUT2D eigenvalue weighted by atomic mass is 19.1. The van der Waals surface area contributed by atoms with Gasteiger partial charge in [0.05, 0.1) is 5.69 Å². The van der Waals surface area contributed by atoms with Crippen molar-refractivity contribution in [1.82, 2.24) is 24.5 Å². The molecule has 0 unspecified atom stereocenters. The number of benzene rings is 1. The molecule has 1 amide bonds. The van der Waals surface area contributed by atoms with Crippen LogP contribution in [0.1, 0.15) is 35.3 Å². The van der Waals surface area contributed by atoms with Crippen molar-refractivity contribution >= 4 is 11.6 Å². The molecule has 7 nitrogen and oxygen atoms in total. The molecule has 0 atom stereocenters. The van der Waals surface area contributed by atoms with Crippen molar-refractivity contribution in [3.63, 3.8) is 0 Å². The maximum Gasteiger partial charge on any atom is 0.270 e. The number of unbranched alkanes of at least 4 members (excludes halogenated alkanes) is 2. The smallest absolute Gasteiger partial charge is 0.270 e. The second-order valence-electron chi connectivity index (χ2n) is 7.73. The van der Waals surface area contributed by atoms with Gasteiger partial charge in [0.2, 0.25) is 0 Å².